The molecule has 2 aliphatic carbocycles. The van der Waals surface area contributed by atoms with E-state index < -0.39 is 0 Å². The number of Topliss-reactive ketones (excluding diaryl/α,β-unsaturated/α-hetero) is 1. The molecular formula is C6H8O. The van der Waals surface area contributed by atoms with Gasteiger partial charge in [-0.05, 0) is 18.8 Å². The Morgan fingerprint density at radius 1 is 1.57 bits per heavy atom. The molecule has 2 fully saturated rings. The molecule has 0 bridgehead atoms. The highest BCUT2D eigenvalue weighted by Crippen LogP contribution is 2.49. The molecule has 2 saturated carbocycles. The van der Waals surface area contributed by atoms with E-state index in [-0.39, 0.29) is 0 Å². The van der Waals surface area contributed by atoms with Gasteiger partial charge < -0.3 is 0 Å². The van der Waals surface area contributed by atoms with Crippen LogP contribution in [0.2, 0.25) is 0 Å². The van der Waals surface area contributed by atoms with Gasteiger partial charge in [0.2, 0.25) is 0 Å². The van der Waals surface area contributed by atoms with Crippen molar-refractivity contribution >= 4 is 5.78 Å². The summed E-state index contributed by atoms with van der Waals surface area (Å²) in [5.41, 5.74) is 0. The lowest BCUT2D eigenvalue weighted by Crippen LogP contribution is -1.91. The highest BCUT2D eigenvalue weighted by Gasteiger charge is 2.47. The first-order valence-electron chi connectivity index (χ1n) is 2.90. The zero-order valence-electron chi connectivity index (χ0n) is 4.18. The molecule has 2 aliphatic rings. The molecule has 7 heavy (non-hydrogen) atoms. The van der Waals surface area contributed by atoms with Gasteiger partial charge in [0, 0.05) is 12.3 Å². The van der Waals surface area contributed by atoms with Gasteiger partial charge in [-0.25, -0.2) is 0 Å². The summed E-state index contributed by atoms with van der Waals surface area (Å²) >= 11 is 0. The quantitative estimate of drug-likeness (QED) is 0.439. The van der Waals surface area contributed by atoms with Gasteiger partial charge in [-0.2, -0.15) is 0 Å². The smallest absolute Gasteiger partial charge is 0.136 e. The van der Waals surface area contributed by atoms with Crippen molar-refractivity contribution in [2.75, 3.05) is 0 Å². The van der Waals surface area contributed by atoms with Crippen LogP contribution in [0.25, 0.3) is 0 Å². The van der Waals surface area contributed by atoms with Crippen LogP contribution in [0, 0.1) is 11.8 Å². The van der Waals surface area contributed by atoms with Gasteiger partial charge in [0.1, 0.15) is 5.78 Å². The first kappa shape index (κ1) is 3.65. The van der Waals surface area contributed by atoms with Crippen molar-refractivity contribution in [2.45, 2.75) is 19.3 Å². The predicted molar refractivity (Wildman–Crippen MR) is 25.8 cm³/mol. The fraction of sp³-hybridized carbons (Fsp3) is 0.833. The van der Waals surface area contributed by atoms with E-state index in [4.69, 9.17) is 0 Å². The summed E-state index contributed by atoms with van der Waals surface area (Å²) in [6.45, 7) is 0. The Morgan fingerprint density at radius 3 is 2.57 bits per heavy atom. The summed E-state index contributed by atoms with van der Waals surface area (Å²) < 4.78 is 0. The molecule has 0 aromatic carbocycles. The van der Waals surface area contributed by atoms with Crippen molar-refractivity contribution in [3.05, 3.63) is 0 Å². The summed E-state index contributed by atoms with van der Waals surface area (Å²) in [7, 11) is 0. The highest BCUT2D eigenvalue weighted by atomic mass is 16.1. The van der Waals surface area contributed by atoms with Crippen molar-refractivity contribution in [3.63, 3.8) is 0 Å². The van der Waals surface area contributed by atoms with Gasteiger partial charge in [-0.15, -0.1) is 0 Å². The summed E-state index contributed by atoms with van der Waals surface area (Å²) in [6.07, 6.45) is 3.30. The fourth-order valence-electron chi connectivity index (χ4n) is 1.47. The van der Waals surface area contributed by atoms with Gasteiger partial charge in [0.15, 0.2) is 0 Å². The summed E-state index contributed by atoms with van der Waals surface area (Å²) in [5, 5.41) is 0. The van der Waals surface area contributed by atoms with Crippen molar-refractivity contribution < 1.29 is 4.79 Å². The van der Waals surface area contributed by atoms with E-state index in [0.717, 1.165) is 12.3 Å². The Balaban J connectivity index is 2.21. The lowest BCUT2D eigenvalue weighted by atomic mass is 10.2. The first-order chi connectivity index (χ1) is 3.38. The third-order valence-electron chi connectivity index (χ3n) is 2.10. The number of rotatable bonds is 0. The lowest BCUT2D eigenvalue weighted by molar-refractivity contribution is -0.119. The third-order valence-corrected chi connectivity index (χ3v) is 2.10. The monoisotopic (exact) mass is 96.1 g/mol. The fourth-order valence-corrected chi connectivity index (χ4v) is 1.47. The number of fused-ring (bicyclic) bond motifs is 1. The summed E-state index contributed by atoms with van der Waals surface area (Å²) in [6, 6.07) is 0. The van der Waals surface area contributed by atoms with Gasteiger partial charge >= 0.3 is 0 Å². The van der Waals surface area contributed by atoms with Gasteiger partial charge in [-0.3, -0.25) is 4.79 Å². The molecule has 2 rings (SSSR count). The van der Waals surface area contributed by atoms with Crippen molar-refractivity contribution in [2.24, 2.45) is 11.8 Å². The Hall–Kier alpha value is -0.330. The Labute approximate surface area is 42.7 Å². The second-order valence-corrected chi connectivity index (χ2v) is 2.61. The number of hydrogen-bond donors (Lipinski definition) is 0. The summed E-state index contributed by atoms with van der Waals surface area (Å²) in [5.74, 6) is 1.91. The summed E-state index contributed by atoms with van der Waals surface area (Å²) in [4.78, 5) is 10.6. The maximum Gasteiger partial charge on any atom is 0.136 e. The second kappa shape index (κ2) is 0.908. The SMILES string of the molecule is O=C1CC[C@@H]2C[C@H]12. The van der Waals surface area contributed by atoms with Crippen LogP contribution in [0.3, 0.4) is 0 Å². The minimum Gasteiger partial charge on any atom is -0.299 e. The molecule has 0 aliphatic heterocycles. The lowest BCUT2D eigenvalue weighted by Gasteiger charge is -1.82. The Morgan fingerprint density at radius 2 is 2.43 bits per heavy atom. The zero-order chi connectivity index (χ0) is 4.85. The number of hydrogen-bond acceptors (Lipinski definition) is 1. The molecule has 1 nitrogen and oxygen atoms in total. The maximum atomic E-state index is 10.6. The first-order valence-corrected chi connectivity index (χ1v) is 2.90. The van der Waals surface area contributed by atoms with Crippen LogP contribution in [0.5, 0.6) is 0 Å². The van der Waals surface area contributed by atoms with Crippen molar-refractivity contribution in [3.8, 4) is 0 Å². The molecule has 0 unspecified atom stereocenters. The zero-order valence-corrected chi connectivity index (χ0v) is 4.18. The van der Waals surface area contributed by atoms with E-state index in [0.29, 0.717) is 11.7 Å². The maximum absolute atomic E-state index is 10.6. The molecule has 0 N–H and O–H groups in total. The largest absolute Gasteiger partial charge is 0.299 e. The van der Waals surface area contributed by atoms with Crippen LogP contribution < -0.4 is 0 Å². The molecule has 0 radical (unpaired) electrons. The van der Waals surface area contributed by atoms with E-state index in [1.54, 1.807) is 0 Å². The molecular weight excluding hydrogens is 88.1 g/mol. The molecule has 0 aromatic rings. The van der Waals surface area contributed by atoms with Crippen LogP contribution >= 0.6 is 0 Å². The standard InChI is InChI=1S/C6H8O/c7-6-2-1-4-3-5(4)6/h4-5H,1-3H2/t4-,5+/m1/s1. The van der Waals surface area contributed by atoms with Gasteiger partial charge in [0.25, 0.3) is 0 Å². The Bertz CT molecular complexity index is 117. The molecule has 0 spiro atoms. The molecule has 0 heterocycles. The van der Waals surface area contributed by atoms with E-state index in [2.05, 4.69) is 0 Å². The van der Waals surface area contributed by atoms with Crippen molar-refractivity contribution in [1.82, 2.24) is 0 Å². The van der Waals surface area contributed by atoms with Crippen LogP contribution in [0.4, 0.5) is 0 Å². The van der Waals surface area contributed by atoms with E-state index in [1.165, 1.54) is 12.8 Å². The number of ketones is 1. The molecule has 0 aromatic heterocycles. The van der Waals surface area contributed by atoms with E-state index >= 15 is 0 Å². The average molecular weight is 96.1 g/mol. The van der Waals surface area contributed by atoms with Gasteiger partial charge in [0.05, 0.1) is 0 Å². The van der Waals surface area contributed by atoms with Crippen LogP contribution in [-0.2, 0) is 4.79 Å². The van der Waals surface area contributed by atoms with Crippen molar-refractivity contribution in [1.29, 1.82) is 0 Å². The molecule has 0 saturated heterocycles. The number of carbonyl (C=O) groups excluding carboxylic acids is 1. The minimum absolute atomic E-state index is 0.532. The third kappa shape index (κ3) is 0.355. The highest BCUT2D eigenvalue weighted by molar-refractivity contribution is 5.86. The Kier molecular flexibility index (Phi) is 0.473. The molecule has 38 valence electrons. The molecule has 2 atom stereocenters. The van der Waals surface area contributed by atoms with E-state index in [1.807, 2.05) is 0 Å². The second-order valence-electron chi connectivity index (χ2n) is 2.61. The normalized spacial score (nSPS) is 46.6. The van der Waals surface area contributed by atoms with E-state index in [9.17, 15) is 4.79 Å². The molecule has 0 amide bonds. The van der Waals surface area contributed by atoms with Gasteiger partial charge in [-0.1, -0.05) is 0 Å². The topological polar surface area (TPSA) is 17.1 Å². The molecule has 1 heteroatoms. The van der Waals surface area contributed by atoms with Crippen LogP contribution in [-0.4, -0.2) is 5.78 Å². The average Bonchev–Trinajstić information content (AvgIpc) is 2.33. The number of carbonyl (C=O) groups is 1. The van der Waals surface area contributed by atoms with Crippen LogP contribution in [0.1, 0.15) is 19.3 Å². The predicted octanol–water partition coefficient (Wildman–Crippen LogP) is 0.985. The minimum atomic E-state index is 0.532. The van der Waals surface area contributed by atoms with Crippen LogP contribution in [0.15, 0.2) is 0 Å².